The van der Waals surface area contributed by atoms with Crippen LogP contribution in [0.1, 0.15) is 11.1 Å². The van der Waals surface area contributed by atoms with Gasteiger partial charge < -0.3 is 4.74 Å². The van der Waals surface area contributed by atoms with Crippen LogP contribution in [0.4, 0.5) is 0 Å². The van der Waals surface area contributed by atoms with Gasteiger partial charge in [0.1, 0.15) is 6.61 Å². The molecule has 0 radical (unpaired) electrons. The summed E-state index contributed by atoms with van der Waals surface area (Å²) in [6, 6.07) is 12.6. The van der Waals surface area contributed by atoms with Gasteiger partial charge in [0.05, 0.1) is 0 Å². The van der Waals surface area contributed by atoms with E-state index in [0.29, 0.717) is 15.6 Å². The number of halogens is 3. The van der Waals surface area contributed by atoms with Crippen LogP contribution < -0.4 is 0 Å². The van der Waals surface area contributed by atoms with Crippen LogP contribution in [-0.2, 0) is 16.1 Å². The van der Waals surface area contributed by atoms with Gasteiger partial charge in [-0.15, -0.1) is 0 Å². The van der Waals surface area contributed by atoms with E-state index in [1.807, 2.05) is 24.3 Å². The standard InChI is InChI=1S/C16H11BrCl2O2/c17-13-3-1-2-11(8-13)10-21-16(20)7-5-12-4-6-14(18)9-15(12)19/h1-9H,10H2. The van der Waals surface area contributed by atoms with E-state index < -0.39 is 5.97 Å². The highest BCUT2D eigenvalue weighted by Crippen LogP contribution is 2.22. The molecule has 0 spiro atoms. The quantitative estimate of drug-likeness (QED) is 0.512. The summed E-state index contributed by atoms with van der Waals surface area (Å²) in [4.78, 5) is 11.7. The first-order valence-electron chi connectivity index (χ1n) is 6.09. The lowest BCUT2D eigenvalue weighted by Gasteiger charge is -2.03. The Morgan fingerprint density at radius 3 is 2.71 bits per heavy atom. The van der Waals surface area contributed by atoms with Crippen LogP contribution in [0.25, 0.3) is 6.08 Å². The summed E-state index contributed by atoms with van der Waals surface area (Å²) in [6.45, 7) is 0.219. The maximum absolute atomic E-state index is 11.7. The molecule has 0 atom stereocenters. The molecule has 0 amide bonds. The zero-order valence-corrected chi connectivity index (χ0v) is 14.0. The Morgan fingerprint density at radius 1 is 1.19 bits per heavy atom. The molecular formula is C16H11BrCl2O2. The molecule has 0 fully saturated rings. The number of esters is 1. The predicted octanol–water partition coefficient (Wildman–Crippen LogP) is 5.51. The average Bonchev–Trinajstić information content (AvgIpc) is 2.44. The fraction of sp³-hybridized carbons (Fsp3) is 0.0625. The number of rotatable bonds is 4. The number of ether oxygens (including phenoxy) is 1. The van der Waals surface area contributed by atoms with Crippen molar-refractivity contribution in [3.8, 4) is 0 Å². The molecule has 21 heavy (non-hydrogen) atoms. The van der Waals surface area contributed by atoms with Crippen LogP contribution in [0.5, 0.6) is 0 Å². The molecule has 0 aliphatic rings. The van der Waals surface area contributed by atoms with Gasteiger partial charge in [0.15, 0.2) is 0 Å². The highest BCUT2D eigenvalue weighted by atomic mass is 79.9. The van der Waals surface area contributed by atoms with Gasteiger partial charge in [0, 0.05) is 20.6 Å². The van der Waals surface area contributed by atoms with Gasteiger partial charge in [0.2, 0.25) is 0 Å². The molecule has 108 valence electrons. The van der Waals surface area contributed by atoms with Crippen molar-refractivity contribution in [1.82, 2.24) is 0 Å². The summed E-state index contributed by atoms with van der Waals surface area (Å²) in [5, 5.41) is 1.04. The monoisotopic (exact) mass is 384 g/mol. The van der Waals surface area contributed by atoms with E-state index in [0.717, 1.165) is 10.0 Å². The molecule has 0 aliphatic heterocycles. The van der Waals surface area contributed by atoms with Crippen molar-refractivity contribution in [2.75, 3.05) is 0 Å². The topological polar surface area (TPSA) is 26.3 Å². The minimum absolute atomic E-state index is 0.219. The predicted molar refractivity (Wildman–Crippen MR) is 89.4 cm³/mol. The second kappa shape index (κ2) is 7.64. The minimum Gasteiger partial charge on any atom is -0.458 e. The summed E-state index contributed by atoms with van der Waals surface area (Å²) < 4.78 is 6.10. The molecule has 0 aromatic heterocycles. The summed E-state index contributed by atoms with van der Waals surface area (Å²) in [7, 11) is 0. The van der Waals surface area contributed by atoms with Crippen LogP contribution in [0.15, 0.2) is 53.0 Å². The first-order valence-corrected chi connectivity index (χ1v) is 7.64. The van der Waals surface area contributed by atoms with Crippen molar-refractivity contribution in [2.45, 2.75) is 6.61 Å². The van der Waals surface area contributed by atoms with Gasteiger partial charge in [-0.1, -0.05) is 57.3 Å². The van der Waals surface area contributed by atoms with Crippen molar-refractivity contribution in [3.05, 3.63) is 74.2 Å². The Bertz CT molecular complexity index is 684. The molecule has 2 aromatic carbocycles. The Kier molecular flexibility index (Phi) is 5.85. The molecule has 0 N–H and O–H groups in total. The molecule has 0 saturated heterocycles. The van der Waals surface area contributed by atoms with Crippen LogP contribution >= 0.6 is 39.1 Å². The number of carbonyl (C=O) groups is 1. The Morgan fingerprint density at radius 2 is 2.00 bits per heavy atom. The van der Waals surface area contributed by atoms with Gasteiger partial charge in [0.25, 0.3) is 0 Å². The SMILES string of the molecule is O=C(C=Cc1ccc(Cl)cc1Cl)OCc1cccc(Br)c1. The maximum atomic E-state index is 11.7. The third-order valence-corrected chi connectivity index (χ3v) is 3.69. The van der Waals surface area contributed by atoms with Crippen LogP contribution in [0, 0.1) is 0 Å². The van der Waals surface area contributed by atoms with Crippen molar-refractivity contribution >= 4 is 51.2 Å². The van der Waals surface area contributed by atoms with Crippen molar-refractivity contribution < 1.29 is 9.53 Å². The van der Waals surface area contributed by atoms with Crippen molar-refractivity contribution in [2.24, 2.45) is 0 Å². The summed E-state index contributed by atoms with van der Waals surface area (Å²) in [5.74, 6) is -0.430. The molecule has 0 bridgehead atoms. The van der Waals surface area contributed by atoms with E-state index >= 15 is 0 Å². The van der Waals surface area contributed by atoms with Crippen molar-refractivity contribution in [1.29, 1.82) is 0 Å². The van der Waals surface area contributed by atoms with E-state index in [1.54, 1.807) is 24.3 Å². The summed E-state index contributed by atoms with van der Waals surface area (Å²) >= 11 is 15.2. The molecule has 0 aliphatic carbocycles. The molecule has 2 nitrogen and oxygen atoms in total. The van der Waals surface area contributed by atoms with Gasteiger partial charge in [-0.2, -0.15) is 0 Å². The highest BCUT2D eigenvalue weighted by molar-refractivity contribution is 9.10. The van der Waals surface area contributed by atoms with Crippen LogP contribution in [-0.4, -0.2) is 5.97 Å². The molecule has 0 saturated carbocycles. The molecule has 0 heterocycles. The summed E-state index contributed by atoms with van der Waals surface area (Å²) in [5.41, 5.74) is 1.62. The van der Waals surface area contributed by atoms with Gasteiger partial charge >= 0.3 is 5.97 Å². The molecule has 2 aromatic rings. The minimum atomic E-state index is -0.430. The number of hydrogen-bond donors (Lipinski definition) is 0. The van der Waals surface area contributed by atoms with Crippen LogP contribution in [0.2, 0.25) is 10.0 Å². The lowest BCUT2D eigenvalue weighted by atomic mass is 10.2. The largest absolute Gasteiger partial charge is 0.458 e. The van der Waals surface area contributed by atoms with E-state index in [1.165, 1.54) is 6.08 Å². The second-order valence-corrected chi connectivity index (χ2v) is 6.00. The highest BCUT2D eigenvalue weighted by Gasteiger charge is 2.01. The lowest BCUT2D eigenvalue weighted by molar-refractivity contribution is -0.138. The Balaban J connectivity index is 1.93. The zero-order valence-electron chi connectivity index (χ0n) is 10.9. The number of hydrogen-bond acceptors (Lipinski definition) is 2. The Labute approximate surface area is 141 Å². The number of benzene rings is 2. The molecular weight excluding hydrogens is 375 g/mol. The van der Waals surface area contributed by atoms with Gasteiger partial charge in [-0.25, -0.2) is 4.79 Å². The second-order valence-electron chi connectivity index (χ2n) is 4.24. The van der Waals surface area contributed by atoms with Crippen molar-refractivity contribution in [3.63, 3.8) is 0 Å². The van der Waals surface area contributed by atoms with E-state index in [4.69, 9.17) is 27.9 Å². The first kappa shape index (κ1) is 16.1. The van der Waals surface area contributed by atoms with E-state index in [2.05, 4.69) is 15.9 Å². The average molecular weight is 386 g/mol. The smallest absolute Gasteiger partial charge is 0.331 e. The van der Waals surface area contributed by atoms with E-state index in [9.17, 15) is 4.79 Å². The fourth-order valence-electron chi connectivity index (χ4n) is 1.62. The zero-order chi connectivity index (χ0) is 15.2. The molecule has 5 heteroatoms. The molecule has 2 rings (SSSR count). The lowest BCUT2D eigenvalue weighted by Crippen LogP contribution is -2.00. The molecule has 0 unspecified atom stereocenters. The third kappa shape index (κ3) is 5.20. The van der Waals surface area contributed by atoms with Gasteiger partial charge in [-0.3, -0.25) is 0 Å². The first-order chi connectivity index (χ1) is 10.0. The van der Waals surface area contributed by atoms with E-state index in [-0.39, 0.29) is 6.61 Å². The third-order valence-electron chi connectivity index (χ3n) is 2.63. The normalized spacial score (nSPS) is 10.8. The summed E-state index contributed by atoms with van der Waals surface area (Å²) in [6.07, 6.45) is 2.94. The maximum Gasteiger partial charge on any atom is 0.331 e. The number of carbonyl (C=O) groups excluding carboxylic acids is 1. The van der Waals surface area contributed by atoms with Gasteiger partial charge in [-0.05, 0) is 41.5 Å². The van der Waals surface area contributed by atoms with Crippen LogP contribution in [0.3, 0.4) is 0 Å². The Hall–Kier alpha value is -1.29. The fourth-order valence-corrected chi connectivity index (χ4v) is 2.54.